The van der Waals surface area contributed by atoms with Crippen LogP contribution in [-0.4, -0.2) is 21.0 Å². The Morgan fingerprint density at radius 3 is 2.47 bits per heavy atom. The van der Waals surface area contributed by atoms with Crippen molar-refractivity contribution < 1.29 is 0 Å². The van der Waals surface area contributed by atoms with Crippen molar-refractivity contribution in [3.63, 3.8) is 0 Å². The lowest BCUT2D eigenvalue weighted by Crippen LogP contribution is -2.21. The van der Waals surface area contributed by atoms with Gasteiger partial charge >= 0.3 is 0 Å². The zero-order valence-corrected chi connectivity index (χ0v) is 10.1. The summed E-state index contributed by atoms with van der Waals surface area (Å²) in [7, 11) is 0. The molecule has 4 nitrogen and oxygen atoms in total. The molecule has 0 saturated heterocycles. The van der Waals surface area contributed by atoms with Crippen molar-refractivity contribution >= 4 is 0 Å². The highest BCUT2D eigenvalue weighted by Crippen LogP contribution is 2.09. The highest BCUT2D eigenvalue weighted by Gasteiger charge is 2.02. The Balaban J connectivity index is 2.08. The van der Waals surface area contributed by atoms with Gasteiger partial charge in [0.25, 0.3) is 0 Å². The van der Waals surface area contributed by atoms with Gasteiger partial charge in [-0.05, 0) is 12.1 Å². The van der Waals surface area contributed by atoms with E-state index >= 15 is 0 Å². The van der Waals surface area contributed by atoms with Crippen molar-refractivity contribution in [3.8, 4) is 11.5 Å². The van der Waals surface area contributed by atoms with Crippen LogP contribution in [0.2, 0.25) is 0 Å². The van der Waals surface area contributed by atoms with Gasteiger partial charge in [-0.25, -0.2) is 9.97 Å². The molecule has 2 aromatic rings. The van der Waals surface area contributed by atoms with Gasteiger partial charge in [-0.2, -0.15) is 0 Å². The number of nitrogens with zero attached hydrogens (tertiary/aromatic N) is 3. The van der Waals surface area contributed by atoms with Gasteiger partial charge in [0.15, 0.2) is 5.82 Å². The van der Waals surface area contributed by atoms with E-state index in [2.05, 4.69) is 34.1 Å². The van der Waals surface area contributed by atoms with Gasteiger partial charge in [0.1, 0.15) is 5.69 Å². The molecular formula is C13H16N4. The Kier molecular flexibility index (Phi) is 3.77. The van der Waals surface area contributed by atoms with Crippen molar-refractivity contribution in [2.24, 2.45) is 0 Å². The molecule has 88 valence electrons. The summed E-state index contributed by atoms with van der Waals surface area (Å²) < 4.78 is 0. The number of rotatable bonds is 4. The number of pyridine rings is 1. The molecule has 1 N–H and O–H groups in total. The third-order valence-corrected chi connectivity index (χ3v) is 2.31. The van der Waals surface area contributed by atoms with Gasteiger partial charge in [0.05, 0.1) is 0 Å². The molecule has 0 aliphatic rings. The standard InChI is InChI=1S/C13H16N4/c1-10(2)15-7-11-8-16-13(17-9-11)12-5-3-4-6-14-12/h3-6,8-10,15H,7H2,1-2H3. The first-order chi connectivity index (χ1) is 8.25. The molecule has 2 aromatic heterocycles. The Morgan fingerprint density at radius 1 is 1.12 bits per heavy atom. The van der Waals surface area contributed by atoms with Crippen LogP contribution in [0.3, 0.4) is 0 Å². The summed E-state index contributed by atoms with van der Waals surface area (Å²) in [5.41, 5.74) is 1.88. The summed E-state index contributed by atoms with van der Waals surface area (Å²) in [6, 6.07) is 6.18. The third kappa shape index (κ3) is 3.32. The summed E-state index contributed by atoms with van der Waals surface area (Å²) in [4.78, 5) is 12.8. The smallest absolute Gasteiger partial charge is 0.178 e. The van der Waals surface area contributed by atoms with Crippen LogP contribution in [0.25, 0.3) is 11.5 Å². The second-order valence-corrected chi connectivity index (χ2v) is 4.17. The molecule has 17 heavy (non-hydrogen) atoms. The molecule has 0 aromatic carbocycles. The summed E-state index contributed by atoms with van der Waals surface area (Å²) in [6.07, 6.45) is 5.42. The van der Waals surface area contributed by atoms with Crippen molar-refractivity contribution in [1.29, 1.82) is 0 Å². The maximum absolute atomic E-state index is 4.31. The summed E-state index contributed by atoms with van der Waals surface area (Å²) in [5.74, 6) is 0.666. The second-order valence-electron chi connectivity index (χ2n) is 4.17. The van der Waals surface area contributed by atoms with Gasteiger partial charge in [0, 0.05) is 36.7 Å². The van der Waals surface area contributed by atoms with Crippen LogP contribution < -0.4 is 5.32 Å². The van der Waals surface area contributed by atoms with E-state index in [-0.39, 0.29) is 0 Å². The number of hydrogen-bond acceptors (Lipinski definition) is 4. The van der Waals surface area contributed by atoms with Crippen molar-refractivity contribution in [3.05, 3.63) is 42.4 Å². The summed E-state index contributed by atoms with van der Waals surface area (Å²) in [5, 5.41) is 3.33. The Bertz CT molecular complexity index is 451. The maximum Gasteiger partial charge on any atom is 0.178 e. The molecule has 0 atom stereocenters. The van der Waals surface area contributed by atoms with Crippen LogP contribution in [0.5, 0.6) is 0 Å². The van der Waals surface area contributed by atoms with Gasteiger partial charge < -0.3 is 5.32 Å². The predicted octanol–water partition coefficient (Wildman–Crippen LogP) is 2.04. The zero-order valence-electron chi connectivity index (χ0n) is 10.1. The molecule has 0 aliphatic heterocycles. The van der Waals surface area contributed by atoms with Gasteiger partial charge in [-0.15, -0.1) is 0 Å². The van der Waals surface area contributed by atoms with Crippen LogP contribution >= 0.6 is 0 Å². The fraction of sp³-hybridized carbons (Fsp3) is 0.308. The minimum Gasteiger partial charge on any atom is -0.310 e. The molecule has 0 fully saturated rings. The van der Waals surface area contributed by atoms with E-state index in [1.807, 2.05) is 30.6 Å². The first-order valence-corrected chi connectivity index (χ1v) is 5.71. The first kappa shape index (κ1) is 11.7. The monoisotopic (exact) mass is 228 g/mol. The summed E-state index contributed by atoms with van der Waals surface area (Å²) >= 11 is 0. The van der Waals surface area contributed by atoms with Crippen LogP contribution in [-0.2, 0) is 6.54 Å². The molecule has 0 saturated carbocycles. The molecular weight excluding hydrogens is 212 g/mol. The molecule has 4 heteroatoms. The molecule has 0 spiro atoms. The van der Waals surface area contributed by atoms with Gasteiger partial charge in [-0.1, -0.05) is 19.9 Å². The van der Waals surface area contributed by atoms with E-state index in [1.54, 1.807) is 6.20 Å². The number of hydrogen-bond donors (Lipinski definition) is 1. The lowest BCUT2D eigenvalue weighted by molar-refractivity contribution is 0.587. The minimum atomic E-state index is 0.463. The SMILES string of the molecule is CC(C)NCc1cnc(-c2ccccn2)nc1. The summed E-state index contributed by atoms with van der Waals surface area (Å²) in [6.45, 7) is 5.02. The quantitative estimate of drug-likeness (QED) is 0.870. The zero-order chi connectivity index (χ0) is 12.1. The van der Waals surface area contributed by atoms with Crippen LogP contribution in [0.1, 0.15) is 19.4 Å². The number of aromatic nitrogens is 3. The Morgan fingerprint density at radius 2 is 1.88 bits per heavy atom. The minimum absolute atomic E-state index is 0.463. The maximum atomic E-state index is 4.31. The van der Waals surface area contributed by atoms with E-state index in [9.17, 15) is 0 Å². The van der Waals surface area contributed by atoms with Crippen molar-refractivity contribution in [2.75, 3.05) is 0 Å². The van der Waals surface area contributed by atoms with Crippen molar-refractivity contribution in [1.82, 2.24) is 20.3 Å². The Labute approximate surface area is 101 Å². The average Bonchev–Trinajstić information content (AvgIpc) is 2.38. The molecule has 0 unspecified atom stereocenters. The normalized spacial score (nSPS) is 10.8. The Hall–Kier alpha value is -1.81. The lowest BCUT2D eigenvalue weighted by Gasteiger charge is -2.07. The third-order valence-electron chi connectivity index (χ3n) is 2.31. The highest BCUT2D eigenvalue weighted by molar-refractivity contribution is 5.47. The molecule has 2 rings (SSSR count). The van der Waals surface area contributed by atoms with Gasteiger partial charge in [0.2, 0.25) is 0 Å². The van der Waals surface area contributed by atoms with Crippen molar-refractivity contribution in [2.45, 2.75) is 26.4 Å². The van der Waals surface area contributed by atoms with E-state index in [0.717, 1.165) is 17.8 Å². The molecule has 0 bridgehead atoms. The van der Waals surface area contributed by atoms with E-state index in [4.69, 9.17) is 0 Å². The largest absolute Gasteiger partial charge is 0.310 e. The van der Waals surface area contributed by atoms with E-state index < -0.39 is 0 Å². The van der Waals surface area contributed by atoms with Crippen LogP contribution in [0, 0.1) is 0 Å². The lowest BCUT2D eigenvalue weighted by atomic mass is 10.3. The first-order valence-electron chi connectivity index (χ1n) is 5.71. The molecule has 0 radical (unpaired) electrons. The topological polar surface area (TPSA) is 50.7 Å². The predicted molar refractivity (Wildman–Crippen MR) is 67.2 cm³/mol. The average molecular weight is 228 g/mol. The molecule has 0 aliphatic carbocycles. The second kappa shape index (κ2) is 5.50. The van der Waals surface area contributed by atoms with Gasteiger partial charge in [-0.3, -0.25) is 4.98 Å². The fourth-order valence-electron chi connectivity index (χ4n) is 1.40. The van der Waals surface area contributed by atoms with Crippen LogP contribution in [0.15, 0.2) is 36.8 Å². The van der Waals surface area contributed by atoms with E-state index in [1.165, 1.54) is 0 Å². The van der Waals surface area contributed by atoms with Crippen LogP contribution in [0.4, 0.5) is 0 Å². The fourth-order valence-corrected chi connectivity index (χ4v) is 1.40. The van der Waals surface area contributed by atoms with E-state index in [0.29, 0.717) is 11.9 Å². The molecule has 2 heterocycles. The number of nitrogens with one attached hydrogen (secondary N) is 1. The highest BCUT2D eigenvalue weighted by atomic mass is 14.9. The molecule has 0 amide bonds.